The Morgan fingerprint density at radius 1 is 1.08 bits per heavy atom. The van der Waals surface area contributed by atoms with Crippen molar-refractivity contribution < 1.29 is 27.9 Å². The van der Waals surface area contributed by atoms with Gasteiger partial charge in [0.15, 0.2) is 5.78 Å². The molecule has 0 saturated heterocycles. The first-order chi connectivity index (χ1) is 17.9. The topological polar surface area (TPSA) is 143 Å². The molecule has 0 unspecified atom stereocenters. The second-order valence-corrected chi connectivity index (χ2v) is 12.0. The Morgan fingerprint density at radius 2 is 1.76 bits per heavy atom. The number of nitrogens with one attached hydrogen (secondary N) is 1. The monoisotopic (exact) mass is 544 g/mol. The van der Waals surface area contributed by atoms with Gasteiger partial charge in [0.2, 0.25) is 0 Å². The minimum absolute atomic E-state index is 0.00239. The van der Waals surface area contributed by atoms with Gasteiger partial charge in [-0.15, -0.1) is 0 Å². The Kier molecular flexibility index (Phi) is 9.61. The lowest BCUT2D eigenvalue weighted by atomic mass is 9.99. The minimum Gasteiger partial charge on any atom is -0.448 e. The van der Waals surface area contributed by atoms with Crippen LogP contribution in [0.3, 0.4) is 0 Å². The molecule has 206 valence electrons. The number of imidazole rings is 1. The predicted octanol–water partition coefficient (Wildman–Crippen LogP) is 4.01. The average Bonchev–Trinajstić information content (AvgIpc) is 3.23. The predicted molar refractivity (Wildman–Crippen MR) is 143 cm³/mol. The van der Waals surface area contributed by atoms with Crippen molar-refractivity contribution in [1.82, 2.24) is 19.3 Å². The summed E-state index contributed by atoms with van der Waals surface area (Å²) in [7, 11) is -4.45. The Labute approximate surface area is 223 Å². The van der Waals surface area contributed by atoms with Crippen LogP contribution in [0.5, 0.6) is 0 Å². The van der Waals surface area contributed by atoms with Gasteiger partial charge in [0.05, 0.1) is 29.3 Å². The van der Waals surface area contributed by atoms with E-state index in [1.807, 2.05) is 40.7 Å². The largest absolute Gasteiger partial charge is 0.448 e. The van der Waals surface area contributed by atoms with Crippen molar-refractivity contribution in [1.29, 1.82) is 0 Å². The highest BCUT2D eigenvalue weighted by atomic mass is 32.2. The molecule has 0 aliphatic heterocycles. The van der Waals surface area contributed by atoms with E-state index in [-0.39, 0.29) is 36.2 Å². The molecule has 11 heteroatoms. The quantitative estimate of drug-likeness (QED) is 0.348. The van der Waals surface area contributed by atoms with Gasteiger partial charge in [-0.3, -0.25) is 9.78 Å². The zero-order chi connectivity index (χ0) is 28.0. The van der Waals surface area contributed by atoms with Crippen LogP contribution < -0.4 is 0 Å². The van der Waals surface area contributed by atoms with Crippen molar-refractivity contribution in [3.8, 4) is 0 Å². The summed E-state index contributed by atoms with van der Waals surface area (Å²) >= 11 is 0. The molecule has 3 rings (SSSR count). The van der Waals surface area contributed by atoms with Gasteiger partial charge in [-0.25, -0.2) is 18.2 Å². The van der Waals surface area contributed by atoms with E-state index in [1.54, 1.807) is 18.3 Å². The van der Waals surface area contributed by atoms with Crippen molar-refractivity contribution in [2.45, 2.75) is 64.8 Å². The number of benzene rings is 1. The molecule has 2 heterocycles. The summed E-state index contributed by atoms with van der Waals surface area (Å²) in [6.45, 7) is 8.71. The lowest BCUT2D eigenvalue weighted by Gasteiger charge is -2.30. The van der Waals surface area contributed by atoms with E-state index >= 15 is 0 Å². The third-order valence-electron chi connectivity index (χ3n) is 5.87. The minimum atomic E-state index is -4.45. The molecule has 2 N–H and O–H groups in total. The number of hydrogen-bond acceptors (Lipinski definition) is 8. The highest BCUT2D eigenvalue weighted by Crippen LogP contribution is 2.26. The lowest BCUT2D eigenvalue weighted by Crippen LogP contribution is -2.49. The first-order valence-electron chi connectivity index (χ1n) is 12.7. The normalized spacial score (nSPS) is 12.7. The molecule has 3 aromatic rings. The van der Waals surface area contributed by atoms with E-state index in [2.05, 4.69) is 15.0 Å². The number of aryl methyl sites for hydroxylation is 1. The van der Waals surface area contributed by atoms with E-state index in [1.165, 1.54) is 12.1 Å². The molecule has 0 spiro atoms. The highest BCUT2D eigenvalue weighted by molar-refractivity contribution is 7.89. The number of aromatic amines is 1. The molecule has 0 aliphatic carbocycles. The summed E-state index contributed by atoms with van der Waals surface area (Å²) in [5.74, 6) is 0.0977. The molecular formula is C27H36N4O6S. The second kappa shape index (κ2) is 12.5. The number of aliphatic hydroxyl groups is 1. The standard InChI is InChI=1S/C27H36N4O6S/c1-17(2)14-24(25(33)11-13-32)31(27(34)37-16-18(3)4)38(35,36)21-8-6-20(7-9-21)15-23-26-22(10-12-28-23)29-19(5)30-26/h6-10,12,17-18,24,32H,11,13-16H2,1-5H3,(H,29,30)/t24-/m0/s1. The van der Waals surface area contributed by atoms with Crippen LogP contribution in [0.15, 0.2) is 41.4 Å². The third-order valence-corrected chi connectivity index (χ3v) is 7.66. The summed E-state index contributed by atoms with van der Waals surface area (Å²) < 4.78 is 33.4. The number of carbonyl (C=O) groups excluding carboxylic acids is 2. The van der Waals surface area contributed by atoms with Gasteiger partial charge in [-0.1, -0.05) is 39.8 Å². The molecule has 1 amide bonds. The van der Waals surface area contributed by atoms with Crippen molar-refractivity contribution in [2.24, 2.45) is 11.8 Å². The van der Waals surface area contributed by atoms with E-state index in [9.17, 15) is 23.1 Å². The Hall–Kier alpha value is -3.31. The number of sulfonamides is 1. The Bertz CT molecular complexity index is 1370. The molecule has 1 aromatic carbocycles. The number of carbonyl (C=O) groups is 2. The number of aliphatic hydroxyl groups excluding tert-OH is 1. The highest BCUT2D eigenvalue weighted by Gasteiger charge is 2.40. The number of ketones is 1. The number of ether oxygens (including phenoxy) is 1. The summed E-state index contributed by atoms with van der Waals surface area (Å²) in [6, 6.07) is 6.66. The number of hydrogen-bond donors (Lipinski definition) is 2. The fraction of sp³-hybridized carbons (Fsp3) is 0.481. The van der Waals surface area contributed by atoms with Crippen LogP contribution in [-0.4, -0.2) is 63.9 Å². The molecule has 0 bridgehead atoms. The maximum atomic E-state index is 13.8. The van der Waals surface area contributed by atoms with Crippen LogP contribution in [0.25, 0.3) is 11.0 Å². The van der Waals surface area contributed by atoms with Gasteiger partial charge in [-0.2, -0.15) is 4.31 Å². The first-order valence-corrected chi connectivity index (χ1v) is 14.1. The first kappa shape index (κ1) is 29.2. The average molecular weight is 545 g/mol. The fourth-order valence-corrected chi connectivity index (χ4v) is 5.60. The molecule has 0 fully saturated rings. The number of Topliss-reactive ketones (excluding diaryl/α,β-unsaturated/α-hetero) is 1. The molecule has 2 aromatic heterocycles. The third kappa shape index (κ3) is 6.96. The summed E-state index contributed by atoms with van der Waals surface area (Å²) in [4.78, 5) is 38.0. The van der Waals surface area contributed by atoms with Crippen LogP contribution in [-0.2, 0) is 26.0 Å². The second-order valence-electron chi connectivity index (χ2n) is 10.2. The van der Waals surface area contributed by atoms with Gasteiger partial charge in [0, 0.05) is 19.0 Å². The maximum Gasteiger partial charge on any atom is 0.424 e. The van der Waals surface area contributed by atoms with E-state index in [0.29, 0.717) is 10.7 Å². The van der Waals surface area contributed by atoms with Crippen LogP contribution in [0.4, 0.5) is 4.79 Å². The van der Waals surface area contributed by atoms with E-state index in [0.717, 1.165) is 28.1 Å². The van der Waals surface area contributed by atoms with Gasteiger partial charge in [0.1, 0.15) is 17.4 Å². The van der Waals surface area contributed by atoms with E-state index in [4.69, 9.17) is 4.74 Å². The summed E-state index contributed by atoms with van der Waals surface area (Å²) in [5.41, 5.74) is 3.16. The molecule has 38 heavy (non-hydrogen) atoms. The molecule has 1 atom stereocenters. The fourth-order valence-electron chi connectivity index (χ4n) is 4.10. The molecule has 0 radical (unpaired) electrons. The number of rotatable bonds is 12. The molecular weight excluding hydrogens is 508 g/mol. The van der Waals surface area contributed by atoms with Gasteiger partial charge < -0.3 is 14.8 Å². The Morgan fingerprint density at radius 3 is 2.37 bits per heavy atom. The van der Waals surface area contributed by atoms with Crippen LogP contribution in [0.2, 0.25) is 0 Å². The maximum absolute atomic E-state index is 13.8. The van der Waals surface area contributed by atoms with Crippen molar-refractivity contribution in [3.05, 3.63) is 53.6 Å². The van der Waals surface area contributed by atoms with Crippen LogP contribution in [0.1, 0.15) is 57.6 Å². The number of nitrogens with zero attached hydrogens (tertiary/aromatic N) is 3. The van der Waals surface area contributed by atoms with Gasteiger partial charge in [0.25, 0.3) is 10.0 Å². The molecule has 0 saturated carbocycles. The molecule has 0 aliphatic rings. The number of aromatic nitrogens is 3. The Balaban J connectivity index is 1.96. The zero-order valence-corrected chi connectivity index (χ0v) is 23.3. The van der Waals surface area contributed by atoms with Crippen molar-refractivity contribution in [2.75, 3.05) is 13.2 Å². The van der Waals surface area contributed by atoms with Crippen LogP contribution in [0, 0.1) is 18.8 Å². The van der Waals surface area contributed by atoms with Crippen molar-refractivity contribution in [3.63, 3.8) is 0 Å². The smallest absolute Gasteiger partial charge is 0.424 e. The van der Waals surface area contributed by atoms with Gasteiger partial charge in [-0.05, 0) is 48.9 Å². The number of amides is 1. The van der Waals surface area contributed by atoms with Crippen LogP contribution >= 0.6 is 0 Å². The van der Waals surface area contributed by atoms with E-state index < -0.39 is 34.5 Å². The summed E-state index contributed by atoms with van der Waals surface area (Å²) in [6.07, 6.45) is 0.834. The zero-order valence-electron chi connectivity index (χ0n) is 22.5. The number of H-pyrrole nitrogens is 1. The SMILES string of the molecule is Cc1nc2c(Cc3ccc(S(=O)(=O)N(C(=O)OCC(C)C)[C@@H](CC(C)C)C(=O)CCO)cc3)nccc2[nH]1. The lowest BCUT2D eigenvalue weighted by molar-refractivity contribution is -0.123. The van der Waals surface area contributed by atoms with Crippen molar-refractivity contribution >= 4 is 32.9 Å². The van der Waals surface area contributed by atoms with Gasteiger partial charge >= 0.3 is 6.09 Å². The number of pyridine rings is 1. The summed E-state index contributed by atoms with van der Waals surface area (Å²) in [5, 5.41) is 9.34. The molecule has 10 nitrogen and oxygen atoms in total. The number of fused-ring (bicyclic) bond motifs is 1.